The van der Waals surface area contributed by atoms with Crippen LogP contribution in [0.4, 0.5) is 0 Å². The van der Waals surface area contributed by atoms with E-state index < -0.39 is 0 Å². The average molecular weight is 192 g/mol. The van der Waals surface area contributed by atoms with Gasteiger partial charge in [-0.15, -0.1) is 0 Å². The van der Waals surface area contributed by atoms with Crippen LogP contribution in [0.5, 0.6) is 0 Å². The van der Waals surface area contributed by atoms with Crippen molar-refractivity contribution >= 4 is 34.2 Å². The Morgan fingerprint density at radius 2 is 2.20 bits per heavy atom. The van der Waals surface area contributed by atoms with Gasteiger partial charge in [-0.05, 0) is 52.2 Å². The van der Waals surface area contributed by atoms with E-state index in [1.807, 2.05) is 21.6 Å². The summed E-state index contributed by atoms with van der Waals surface area (Å²) in [6.07, 6.45) is 1.22. The van der Waals surface area contributed by atoms with Gasteiger partial charge in [-0.1, -0.05) is 6.92 Å². The quantitative estimate of drug-likeness (QED) is 0.412. The van der Waals surface area contributed by atoms with Gasteiger partial charge in [-0.2, -0.15) is 12.6 Å². The topological polar surface area (TPSA) is 0 Å². The van der Waals surface area contributed by atoms with Crippen molar-refractivity contribution in [3.05, 3.63) is 9.81 Å². The number of hydrogen-bond acceptors (Lipinski definition) is 3. The van der Waals surface area contributed by atoms with E-state index in [-0.39, 0.29) is 0 Å². The van der Waals surface area contributed by atoms with E-state index in [0.717, 1.165) is 5.75 Å². The highest BCUT2D eigenvalue weighted by Gasteiger charge is 2.21. The fraction of sp³-hybridized carbons (Fsp3) is 0.714. The highest BCUT2D eigenvalue weighted by Crippen LogP contribution is 2.60. The monoisotopic (exact) mass is 192 g/mol. The van der Waals surface area contributed by atoms with Gasteiger partial charge >= 0.3 is 0 Å². The van der Waals surface area contributed by atoms with Gasteiger partial charge in [0.05, 0.1) is 4.24 Å². The summed E-state index contributed by atoms with van der Waals surface area (Å²) in [7, 11) is 3.80. The summed E-state index contributed by atoms with van der Waals surface area (Å²) in [5.41, 5.74) is 1.55. The summed E-state index contributed by atoms with van der Waals surface area (Å²) >= 11 is 4.30. The lowest BCUT2D eigenvalue weighted by Crippen LogP contribution is -2.01. The predicted octanol–water partition coefficient (Wildman–Crippen LogP) is 3.57. The molecule has 0 radical (unpaired) electrons. The largest absolute Gasteiger partial charge is 0.179 e. The zero-order valence-electron chi connectivity index (χ0n) is 6.26. The Morgan fingerprint density at radius 1 is 1.60 bits per heavy atom. The van der Waals surface area contributed by atoms with Crippen LogP contribution < -0.4 is 0 Å². The first-order valence-electron chi connectivity index (χ1n) is 3.45. The Morgan fingerprint density at radius 3 is 2.50 bits per heavy atom. The lowest BCUT2D eigenvalue weighted by Gasteiger charge is -2.10. The van der Waals surface area contributed by atoms with Crippen LogP contribution >= 0.6 is 34.2 Å². The van der Waals surface area contributed by atoms with Crippen LogP contribution in [0.3, 0.4) is 0 Å². The van der Waals surface area contributed by atoms with Crippen molar-refractivity contribution in [1.29, 1.82) is 0 Å². The summed E-state index contributed by atoms with van der Waals surface area (Å²) in [6.45, 7) is 4.45. The van der Waals surface area contributed by atoms with Crippen molar-refractivity contribution in [3.8, 4) is 0 Å². The second-order valence-corrected chi connectivity index (χ2v) is 5.20. The van der Waals surface area contributed by atoms with Crippen LogP contribution in [0.1, 0.15) is 20.3 Å². The second kappa shape index (κ2) is 3.98. The molecule has 1 rings (SSSR count). The minimum Gasteiger partial charge on any atom is -0.179 e. The molecule has 1 aliphatic rings. The standard InChI is InChI=1S/C7H12S3/c1-3-6(4-8)5(2)7-9-10-7/h6,8H,3-4H2,1-2H3. The molecule has 10 heavy (non-hydrogen) atoms. The Labute approximate surface area is 76.0 Å². The molecule has 1 aliphatic heterocycles. The summed E-state index contributed by atoms with van der Waals surface area (Å²) in [5.74, 6) is 1.70. The molecule has 58 valence electrons. The van der Waals surface area contributed by atoms with Gasteiger partial charge < -0.3 is 0 Å². The van der Waals surface area contributed by atoms with Gasteiger partial charge in [-0.25, -0.2) is 0 Å². The van der Waals surface area contributed by atoms with E-state index in [2.05, 4.69) is 26.5 Å². The van der Waals surface area contributed by atoms with Crippen LogP contribution in [0, 0.1) is 5.92 Å². The third kappa shape index (κ3) is 2.14. The van der Waals surface area contributed by atoms with Crippen LogP contribution in [0.25, 0.3) is 0 Å². The minimum absolute atomic E-state index is 0.709. The highest BCUT2D eigenvalue weighted by molar-refractivity contribution is 8.96. The van der Waals surface area contributed by atoms with Crippen molar-refractivity contribution in [1.82, 2.24) is 0 Å². The van der Waals surface area contributed by atoms with E-state index in [4.69, 9.17) is 0 Å². The van der Waals surface area contributed by atoms with E-state index in [1.54, 1.807) is 5.57 Å². The number of allylic oxidation sites excluding steroid dienone is 1. The maximum absolute atomic E-state index is 4.30. The molecule has 0 aromatic carbocycles. The minimum atomic E-state index is 0.709. The van der Waals surface area contributed by atoms with E-state index >= 15 is 0 Å². The Bertz CT molecular complexity index is 141. The van der Waals surface area contributed by atoms with Gasteiger partial charge in [0, 0.05) is 0 Å². The molecule has 0 saturated carbocycles. The lowest BCUT2D eigenvalue weighted by molar-refractivity contribution is 0.669. The number of thiol groups is 1. The molecule has 1 fully saturated rings. The molecular formula is C7H12S3. The van der Waals surface area contributed by atoms with Crippen molar-refractivity contribution in [2.75, 3.05) is 5.75 Å². The summed E-state index contributed by atoms with van der Waals surface area (Å²) in [4.78, 5) is 0. The normalized spacial score (nSPS) is 18.9. The van der Waals surface area contributed by atoms with Crippen LogP contribution in [-0.4, -0.2) is 5.75 Å². The first-order chi connectivity index (χ1) is 4.79. The second-order valence-electron chi connectivity index (χ2n) is 2.42. The zero-order valence-corrected chi connectivity index (χ0v) is 8.78. The molecule has 0 spiro atoms. The molecule has 1 unspecified atom stereocenters. The lowest BCUT2D eigenvalue weighted by atomic mass is 10.0. The fourth-order valence-electron chi connectivity index (χ4n) is 0.891. The van der Waals surface area contributed by atoms with Gasteiger partial charge in [-0.3, -0.25) is 0 Å². The molecule has 1 heterocycles. The third-order valence-electron chi connectivity index (χ3n) is 1.81. The van der Waals surface area contributed by atoms with Crippen molar-refractivity contribution in [3.63, 3.8) is 0 Å². The Kier molecular flexibility index (Phi) is 3.53. The first kappa shape index (κ1) is 8.88. The average Bonchev–Trinajstić information content (AvgIpc) is 2.71. The van der Waals surface area contributed by atoms with Gasteiger partial charge in [0.1, 0.15) is 0 Å². The van der Waals surface area contributed by atoms with Gasteiger partial charge in [0.25, 0.3) is 0 Å². The van der Waals surface area contributed by atoms with Crippen LogP contribution in [-0.2, 0) is 0 Å². The molecule has 0 aromatic heterocycles. The van der Waals surface area contributed by atoms with E-state index in [1.165, 1.54) is 10.7 Å². The summed E-state index contributed by atoms with van der Waals surface area (Å²) in [6, 6.07) is 0. The molecule has 0 nitrogen and oxygen atoms in total. The maximum atomic E-state index is 4.30. The Balaban J connectivity index is 2.52. The smallest absolute Gasteiger partial charge is 0.0619 e. The molecule has 3 heteroatoms. The molecule has 0 amide bonds. The summed E-state index contributed by atoms with van der Waals surface area (Å²) in [5, 5.41) is 0. The van der Waals surface area contributed by atoms with E-state index in [0.29, 0.717) is 5.92 Å². The zero-order chi connectivity index (χ0) is 7.56. The number of hydrogen-bond donors (Lipinski definition) is 1. The molecule has 0 bridgehead atoms. The molecule has 0 aromatic rings. The molecule has 1 atom stereocenters. The van der Waals surface area contributed by atoms with Crippen LogP contribution in [0.2, 0.25) is 0 Å². The SMILES string of the molecule is CCC(CS)C(C)=C1SS1. The third-order valence-corrected chi connectivity index (χ3v) is 4.23. The van der Waals surface area contributed by atoms with Crippen molar-refractivity contribution < 1.29 is 0 Å². The maximum Gasteiger partial charge on any atom is 0.0619 e. The molecular weight excluding hydrogens is 180 g/mol. The fourth-order valence-corrected chi connectivity index (χ4v) is 2.97. The molecule has 0 aliphatic carbocycles. The predicted molar refractivity (Wildman–Crippen MR) is 55.5 cm³/mol. The molecule has 1 saturated heterocycles. The van der Waals surface area contributed by atoms with Gasteiger partial charge in [0.15, 0.2) is 0 Å². The Hall–Kier alpha value is 0.790. The number of rotatable bonds is 3. The highest BCUT2D eigenvalue weighted by atomic mass is 33.2. The van der Waals surface area contributed by atoms with Crippen LogP contribution in [0.15, 0.2) is 9.81 Å². The first-order valence-corrected chi connectivity index (χ1v) is 6.24. The van der Waals surface area contributed by atoms with Crippen molar-refractivity contribution in [2.45, 2.75) is 20.3 Å². The van der Waals surface area contributed by atoms with Crippen molar-refractivity contribution in [2.24, 2.45) is 5.92 Å². The summed E-state index contributed by atoms with van der Waals surface area (Å²) < 4.78 is 1.53. The van der Waals surface area contributed by atoms with E-state index in [9.17, 15) is 0 Å². The van der Waals surface area contributed by atoms with Gasteiger partial charge in [0.2, 0.25) is 0 Å². The molecule has 0 N–H and O–H groups in total.